The minimum atomic E-state index is -4.26. The third-order valence-corrected chi connectivity index (χ3v) is 8.16. The number of ether oxygens (including phenoxy) is 1. The second kappa shape index (κ2) is 8.86. The summed E-state index contributed by atoms with van der Waals surface area (Å²) >= 11 is 0. The van der Waals surface area contributed by atoms with Crippen LogP contribution in [0.1, 0.15) is 24.8 Å². The summed E-state index contributed by atoms with van der Waals surface area (Å²) in [4.78, 5) is 14.7. The van der Waals surface area contributed by atoms with Crippen LogP contribution in [0.3, 0.4) is 0 Å². The Hall–Kier alpha value is -2.50. The fourth-order valence-corrected chi connectivity index (χ4v) is 6.02. The number of benzene rings is 2. The number of likely N-dealkylation sites (tertiary alicyclic amines) is 1. The van der Waals surface area contributed by atoms with Crippen molar-refractivity contribution < 1.29 is 35.5 Å². The zero-order chi connectivity index (χ0) is 25.0. The predicted octanol–water partition coefficient (Wildman–Crippen LogP) is 3.31. The van der Waals surface area contributed by atoms with Crippen LogP contribution in [-0.4, -0.2) is 56.6 Å². The largest absolute Gasteiger partial charge is 0.368 e. The number of sulfonamides is 1. The number of carbonyl (C=O) groups is 1. The molecule has 1 amide bonds. The van der Waals surface area contributed by atoms with Gasteiger partial charge in [0.25, 0.3) is 5.91 Å². The molecule has 0 aromatic heterocycles. The van der Waals surface area contributed by atoms with E-state index in [0.717, 1.165) is 18.2 Å². The first-order valence-electron chi connectivity index (χ1n) is 11.3. The SMILES string of the molecule is O=C([C@H]1CCO1)N1CC2(CC2)[C@H](NS(=O)(=O)CF)[C@@H]1Cc1cccc(-c2cc(F)ccc2F)c1F. The molecule has 1 saturated carbocycles. The Morgan fingerprint density at radius 1 is 1.14 bits per heavy atom. The first kappa shape index (κ1) is 24.2. The van der Waals surface area contributed by atoms with Crippen LogP contribution < -0.4 is 4.72 Å². The molecule has 1 aliphatic carbocycles. The van der Waals surface area contributed by atoms with E-state index in [0.29, 0.717) is 25.9 Å². The van der Waals surface area contributed by atoms with Crippen LogP contribution in [0.25, 0.3) is 11.1 Å². The molecule has 3 atom stereocenters. The van der Waals surface area contributed by atoms with Gasteiger partial charge < -0.3 is 9.64 Å². The molecule has 11 heteroatoms. The molecule has 1 N–H and O–H groups in total. The summed E-state index contributed by atoms with van der Waals surface area (Å²) in [6, 6.07) is 3.76. The molecule has 2 aliphatic heterocycles. The maximum atomic E-state index is 15.6. The molecule has 3 fully saturated rings. The average molecular weight is 513 g/mol. The Kier molecular flexibility index (Phi) is 6.13. The monoisotopic (exact) mass is 512 g/mol. The summed E-state index contributed by atoms with van der Waals surface area (Å²) in [6.45, 7) is 0.684. The lowest BCUT2D eigenvalue weighted by Gasteiger charge is -2.34. The molecule has 6 nitrogen and oxygen atoms in total. The summed E-state index contributed by atoms with van der Waals surface area (Å²) in [6.07, 6.45) is 1.04. The van der Waals surface area contributed by atoms with Gasteiger partial charge in [0.05, 0.1) is 12.6 Å². The van der Waals surface area contributed by atoms with Crippen molar-refractivity contribution >= 4 is 15.9 Å². The van der Waals surface area contributed by atoms with E-state index in [1.807, 2.05) is 0 Å². The van der Waals surface area contributed by atoms with Crippen molar-refractivity contribution in [1.82, 2.24) is 9.62 Å². The second-order valence-corrected chi connectivity index (χ2v) is 11.2. The Bertz CT molecular complexity index is 1260. The predicted molar refractivity (Wildman–Crippen MR) is 119 cm³/mol. The third kappa shape index (κ3) is 4.45. The van der Waals surface area contributed by atoms with Crippen LogP contribution in [0, 0.1) is 22.9 Å². The van der Waals surface area contributed by atoms with Crippen molar-refractivity contribution in [2.24, 2.45) is 5.41 Å². The highest BCUT2D eigenvalue weighted by Crippen LogP contribution is 2.56. The van der Waals surface area contributed by atoms with Gasteiger partial charge in [-0.05, 0) is 43.0 Å². The molecule has 35 heavy (non-hydrogen) atoms. The fourth-order valence-electron chi connectivity index (χ4n) is 5.16. The highest BCUT2D eigenvalue weighted by atomic mass is 32.2. The number of nitrogens with zero attached hydrogens (tertiary/aromatic N) is 1. The van der Waals surface area contributed by atoms with Gasteiger partial charge in [0, 0.05) is 35.5 Å². The van der Waals surface area contributed by atoms with Crippen LogP contribution in [-0.2, 0) is 26.0 Å². The fraction of sp³-hybridized carbons (Fsp3) is 0.458. The Morgan fingerprint density at radius 2 is 1.89 bits per heavy atom. The van der Waals surface area contributed by atoms with Crippen LogP contribution in [0.2, 0.25) is 0 Å². The number of nitrogens with one attached hydrogen (secondary N) is 1. The number of alkyl halides is 1. The standard InChI is InChI=1S/C24H24F4N2O4S/c25-13-35(32,33)29-22-19(30(12-24(22)7-8-24)23(31)20-6-9-34-20)10-14-2-1-3-16(21(14)28)17-11-15(26)4-5-18(17)27/h1-5,11,19-20,22,29H,6-10,12-13H2/t19-,20+,22+/m0/s1. The van der Waals surface area contributed by atoms with Gasteiger partial charge in [0.1, 0.15) is 23.6 Å². The lowest BCUT2D eigenvalue weighted by Crippen LogP contribution is -2.53. The van der Waals surface area contributed by atoms with E-state index in [4.69, 9.17) is 4.74 Å². The van der Waals surface area contributed by atoms with E-state index in [-0.39, 0.29) is 35.6 Å². The average Bonchev–Trinajstić information content (AvgIpc) is 3.51. The minimum Gasteiger partial charge on any atom is -0.368 e. The Morgan fingerprint density at radius 3 is 2.51 bits per heavy atom. The van der Waals surface area contributed by atoms with E-state index >= 15 is 4.39 Å². The van der Waals surface area contributed by atoms with E-state index in [1.54, 1.807) is 0 Å². The van der Waals surface area contributed by atoms with Crippen molar-refractivity contribution in [3.8, 4) is 11.1 Å². The smallest absolute Gasteiger partial charge is 0.252 e. The molecule has 0 radical (unpaired) electrons. The van der Waals surface area contributed by atoms with Crippen LogP contribution >= 0.6 is 0 Å². The molecule has 0 unspecified atom stereocenters. The summed E-state index contributed by atoms with van der Waals surface area (Å²) < 4.78 is 89.0. The van der Waals surface area contributed by atoms with Crippen molar-refractivity contribution in [3.63, 3.8) is 0 Å². The second-order valence-electron chi connectivity index (χ2n) is 9.47. The van der Waals surface area contributed by atoms with Crippen LogP contribution in [0.15, 0.2) is 36.4 Å². The van der Waals surface area contributed by atoms with Crippen molar-refractivity contribution in [2.75, 3.05) is 19.2 Å². The van der Waals surface area contributed by atoms with Crippen LogP contribution in [0.5, 0.6) is 0 Å². The molecule has 0 bridgehead atoms. The van der Waals surface area contributed by atoms with Crippen LogP contribution in [0.4, 0.5) is 17.6 Å². The van der Waals surface area contributed by atoms with Crippen molar-refractivity contribution in [2.45, 2.75) is 43.9 Å². The quantitative estimate of drug-likeness (QED) is 0.578. The maximum Gasteiger partial charge on any atom is 0.252 e. The Balaban J connectivity index is 1.52. The first-order valence-corrected chi connectivity index (χ1v) is 13.0. The van der Waals surface area contributed by atoms with E-state index in [2.05, 4.69) is 4.72 Å². The zero-order valence-electron chi connectivity index (χ0n) is 18.6. The van der Waals surface area contributed by atoms with Gasteiger partial charge in [-0.3, -0.25) is 4.79 Å². The molecule has 2 saturated heterocycles. The summed E-state index contributed by atoms with van der Waals surface area (Å²) in [7, 11) is -4.26. The number of rotatable bonds is 7. The minimum absolute atomic E-state index is 0.101. The topological polar surface area (TPSA) is 75.7 Å². The molecule has 3 aliphatic rings. The van der Waals surface area contributed by atoms with Gasteiger partial charge in [-0.2, -0.15) is 0 Å². The molecular formula is C24H24F4N2O4S. The number of hydrogen-bond acceptors (Lipinski definition) is 4. The van der Waals surface area contributed by atoms with Gasteiger partial charge in [-0.25, -0.2) is 30.7 Å². The van der Waals surface area contributed by atoms with Gasteiger partial charge in [-0.15, -0.1) is 0 Å². The summed E-state index contributed by atoms with van der Waals surface area (Å²) in [5.74, 6) is -2.64. The molecule has 2 heterocycles. The third-order valence-electron chi connectivity index (χ3n) is 7.26. The number of amides is 1. The first-order chi connectivity index (χ1) is 16.6. The lowest BCUT2D eigenvalue weighted by atomic mass is 9.91. The number of hydrogen-bond donors (Lipinski definition) is 1. The molecular weight excluding hydrogens is 488 g/mol. The number of halogens is 4. The van der Waals surface area contributed by atoms with Gasteiger partial charge in [-0.1, -0.05) is 18.2 Å². The highest BCUT2D eigenvalue weighted by Gasteiger charge is 2.62. The zero-order valence-corrected chi connectivity index (χ0v) is 19.5. The highest BCUT2D eigenvalue weighted by molar-refractivity contribution is 7.89. The molecule has 188 valence electrons. The maximum absolute atomic E-state index is 15.6. The van der Waals surface area contributed by atoms with E-state index in [9.17, 15) is 26.4 Å². The molecule has 2 aromatic rings. The molecule has 1 spiro atoms. The normalized spacial score (nSPS) is 25.0. The van der Waals surface area contributed by atoms with E-state index in [1.165, 1.54) is 23.1 Å². The van der Waals surface area contributed by atoms with Crippen molar-refractivity contribution in [1.29, 1.82) is 0 Å². The van der Waals surface area contributed by atoms with E-state index < -0.39 is 57.1 Å². The summed E-state index contributed by atoms with van der Waals surface area (Å²) in [5, 5.41) is 0. The van der Waals surface area contributed by atoms with Crippen molar-refractivity contribution in [3.05, 3.63) is 59.4 Å². The molecule has 2 aromatic carbocycles. The number of carbonyl (C=O) groups excluding carboxylic acids is 1. The summed E-state index contributed by atoms with van der Waals surface area (Å²) in [5.41, 5.74) is -0.861. The van der Waals surface area contributed by atoms with Gasteiger partial charge in [0.15, 0.2) is 0 Å². The molecule has 5 rings (SSSR count). The lowest BCUT2D eigenvalue weighted by molar-refractivity contribution is -0.157. The Labute approximate surface area is 200 Å². The van der Waals surface area contributed by atoms with Gasteiger partial charge >= 0.3 is 0 Å². The van der Waals surface area contributed by atoms with Gasteiger partial charge in [0.2, 0.25) is 16.0 Å².